The van der Waals surface area contributed by atoms with Gasteiger partial charge in [0.2, 0.25) is 5.91 Å². The molecule has 2 aromatic heterocycles. The molecule has 3 aromatic carbocycles. The van der Waals surface area contributed by atoms with E-state index in [4.69, 9.17) is 19.8 Å². The standard InChI is InChI=1S/C26H23N5O2S/c1-3-22(25(32)27-18-13-15-19(33-2)16-14-18)34-26-28-21-12-8-7-11-20(21)24-29-23(30-31(24)26)17-9-5-4-6-10-17/h4-16,22H,3H2,1-2H3,(H,27,32). The minimum atomic E-state index is -0.358. The lowest BCUT2D eigenvalue weighted by molar-refractivity contribution is -0.115. The molecule has 0 saturated carbocycles. The number of nitrogens with zero attached hydrogens (tertiary/aromatic N) is 4. The van der Waals surface area contributed by atoms with Crippen LogP contribution in [0.5, 0.6) is 5.75 Å². The van der Waals surface area contributed by atoms with E-state index in [9.17, 15) is 4.79 Å². The predicted molar refractivity (Wildman–Crippen MR) is 135 cm³/mol. The highest BCUT2D eigenvalue weighted by Gasteiger charge is 2.23. The first kappa shape index (κ1) is 21.9. The highest BCUT2D eigenvalue weighted by Crippen LogP contribution is 2.30. The van der Waals surface area contributed by atoms with Crippen molar-refractivity contribution in [1.29, 1.82) is 0 Å². The van der Waals surface area contributed by atoms with Crippen LogP contribution in [0.3, 0.4) is 0 Å². The number of carbonyl (C=O) groups is 1. The number of nitrogens with one attached hydrogen (secondary N) is 1. The van der Waals surface area contributed by atoms with Gasteiger partial charge in [-0.2, -0.15) is 4.52 Å². The van der Waals surface area contributed by atoms with Crippen molar-refractivity contribution < 1.29 is 9.53 Å². The van der Waals surface area contributed by atoms with Crippen molar-refractivity contribution in [2.24, 2.45) is 0 Å². The molecule has 5 aromatic rings. The first-order valence-corrected chi connectivity index (χ1v) is 11.9. The number of aromatic nitrogens is 4. The van der Waals surface area contributed by atoms with E-state index in [1.807, 2.05) is 85.8 Å². The summed E-state index contributed by atoms with van der Waals surface area (Å²) in [5, 5.41) is 8.93. The van der Waals surface area contributed by atoms with Crippen LogP contribution in [0.2, 0.25) is 0 Å². The molecule has 0 aliphatic heterocycles. The Morgan fingerprint density at radius 3 is 2.47 bits per heavy atom. The van der Waals surface area contributed by atoms with Gasteiger partial charge in [-0.1, -0.05) is 61.2 Å². The SMILES string of the molecule is CCC(Sc1nc2ccccc2c2nc(-c3ccccc3)nn12)C(=O)Nc1ccc(OC)cc1. The maximum absolute atomic E-state index is 13.1. The third-order valence-corrected chi connectivity index (χ3v) is 6.76. The van der Waals surface area contributed by atoms with Gasteiger partial charge in [0.05, 0.1) is 17.9 Å². The highest BCUT2D eigenvalue weighted by atomic mass is 32.2. The van der Waals surface area contributed by atoms with Gasteiger partial charge in [0.15, 0.2) is 16.6 Å². The molecule has 1 N–H and O–H groups in total. The first-order chi connectivity index (χ1) is 16.7. The maximum Gasteiger partial charge on any atom is 0.237 e. The van der Waals surface area contributed by atoms with Gasteiger partial charge in [0.25, 0.3) is 0 Å². The topological polar surface area (TPSA) is 81.4 Å². The monoisotopic (exact) mass is 469 g/mol. The number of hydrogen-bond acceptors (Lipinski definition) is 6. The molecule has 0 bridgehead atoms. The molecule has 5 rings (SSSR count). The summed E-state index contributed by atoms with van der Waals surface area (Å²) in [6, 6.07) is 25.0. The quantitative estimate of drug-likeness (QED) is 0.252. The fraction of sp³-hybridized carbons (Fsp3) is 0.154. The van der Waals surface area contributed by atoms with Crippen LogP contribution in [0.1, 0.15) is 13.3 Å². The molecular formula is C26H23N5O2S. The number of para-hydroxylation sites is 1. The Kier molecular flexibility index (Phi) is 6.14. The van der Waals surface area contributed by atoms with E-state index in [1.54, 1.807) is 11.6 Å². The van der Waals surface area contributed by atoms with Crippen molar-refractivity contribution in [3.63, 3.8) is 0 Å². The summed E-state index contributed by atoms with van der Waals surface area (Å²) in [4.78, 5) is 22.7. The number of amides is 1. The summed E-state index contributed by atoms with van der Waals surface area (Å²) in [6.07, 6.45) is 0.628. The van der Waals surface area contributed by atoms with E-state index in [-0.39, 0.29) is 11.2 Å². The number of hydrogen-bond donors (Lipinski definition) is 1. The van der Waals surface area contributed by atoms with Gasteiger partial charge in [-0.3, -0.25) is 4.79 Å². The predicted octanol–water partition coefficient (Wildman–Crippen LogP) is 5.46. The Morgan fingerprint density at radius 2 is 1.74 bits per heavy atom. The number of thioether (sulfide) groups is 1. The average Bonchev–Trinajstić information content (AvgIpc) is 3.34. The van der Waals surface area contributed by atoms with Crippen LogP contribution in [0.15, 0.2) is 84.0 Å². The zero-order chi connectivity index (χ0) is 23.5. The minimum absolute atomic E-state index is 0.0934. The van der Waals surface area contributed by atoms with Gasteiger partial charge in [0.1, 0.15) is 5.75 Å². The van der Waals surface area contributed by atoms with E-state index in [0.29, 0.717) is 23.1 Å². The minimum Gasteiger partial charge on any atom is -0.497 e. The second-order valence-electron chi connectivity index (χ2n) is 7.68. The lowest BCUT2D eigenvalue weighted by Crippen LogP contribution is -2.25. The van der Waals surface area contributed by atoms with Crippen LogP contribution in [0.4, 0.5) is 5.69 Å². The number of carbonyl (C=O) groups excluding carboxylic acids is 1. The lowest BCUT2D eigenvalue weighted by atomic mass is 10.2. The Labute approximate surface area is 201 Å². The molecule has 170 valence electrons. The van der Waals surface area contributed by atoms with Crippen LogP contribution >= 0.6 is 11.8 Å². The molecule has 34 heavy (non-hydrogen) atoms. The number of fused-ring (bicyclic) bond motifs is 3. The normalized spacial score (nSPS) is 12.1. The molecule has 0 spiro atoms. The lowest BCUT2D eigenvalue weighted by Gasteiger charge is -2.15. The molecule has 7 nitrogen and oxygen atoms in total. The van der Waals surface area contributed by atoms with Gasteiger partial charge in [0, 0.05) is 16.6 Å². The molecule has 1 unspecified atom stereocenters. The third-order valence-electron chi connectivity index (χ3n) is 5.45. The van der Waals surface area contributed by atoms with Crippen LogP contribution in [-0.2, 0) is 4.79 Å². The number of anilines is 1. The van der Waals surface area contributed by atoms with Crippen molar-refractivity contribution in [3.05, 3.63) is 78.9 Å². The highest BCUT2D eigenvalue weighted by molar-refractivity contribution is 8.00. The molecule has 1 atom stereocenters. The first-order valence-electron chi connectivity index (χ1n) is 11.0. The van der Waals surface area contributed by atoms with Crippen molar-refractivity contribution in [3.8, 4) is 17.1 Å². The van der Waals surface area contributed by atoms with E-state index >= 15 is 0 Å². The fourth-order valence-electron chi connectivity index (χ4n) is 3.66. The van der Waals surface area contributed by atoms with Crippen LogP contribution in [-0.4, -0.2) is 37.8 Å². The second kappa shape index (κ2) is 9.52. The molecule has 2 heterocycles. The number of ether oxygens (including phenoxy) is 1. The Balaban J connectivity index is 1.50. The Morgan fingerprint density at radius 1 is 1.00 bits per heavy atom. The second-order valence-corrected chi connectivity index (χ2v) is 8.85. The van der Waals surface area contributed by atoms with Crippen molar-refractivity contribution in [2.75, 3.05) is 12.4 Å². The molecule has 0 aliphatic carbocycles. The van der Waals surface area contributed by atoms with E-state index in [0.717, 1.165) is 27.9 Å². The van der Waals surface area contributed by atoms with E-state index in [2.05, 4.69) is 5.32 Å². The molecule has 0 saturated heterocycles. The third kappa shape index (κ3) is 4.32. The van der Waals surface area contributed by atoms with Crippen LogP contribution < -0.4 is 10.1 Å². The summed E-state index contributed by atoms with van der Waals surface area (Å²) in [5.41, 5.74) is 3.18. The summed E-state index contributed by atoms with van der Waals surface area (Å²) in [5.74, 6) is 1.27. The van der Waals surface area contributed by atoms with Gasteiger partial charge < -0.3 is 10.1 Å². The van der Waals surface area contributed by atoms with E-state index < -0.39 is 0 Å². The number of rotatable bonds is 7. The van der Waals surface area contributed by atoms with Gasteiger partial charge in [-0.15, -0.1) is 5.10 Å². The zero-order valence-electron chi connectivity index (χ0n) is 18.8. The van der Waals surface area contributed by atoms with Crippen molar-refractivity contribution in [2.45, 2.75) is 23.8 Å². The Hall–Kier alpha value is -3.91. The van der Waals surface area contributed by atoms with Gasteiger partial charge in [-0.05, 0) is 42.8 Å². The smallest absolute Gasteiger partial charge is 0.237 e. The molecule has 8 heteroatoms. The summed E-state index contributed by atoms with van der Waals surface area (Å²) in [7, 11) is 1.61. The molecule has 0 aliphatic rings. The van der Waals surface area contributed by atoms with Crippen LogP contribution in [0.25, 0.3) is 27.9 Å². The van der Waals surface area contributed by atoms with Crippen molar-refractivity contribution in [1.82, 2.24) is 19.6 Å². The number of methoxy groups -OCH3 is 1. The van der Waals surface area contributed by atoms with E-state index in [1.165, 1.54) is 11.8 Å². The fourth-order valence-corrected chi connectivity index (χ4v) is 4.63. The molecule has 0 radical (unpaired) electrons. The molecular weight excluding hydrogens is 446 g/mol. The maximum atomic E-state index is 13.1. The largest absolute Gasteiger partial charge is 0.497 e. The number of benzene rings is 3. The summed E-state index contributed by atoms with van der Waals surface area (Å²) in [6.45, 7) is 1.99. The molecule has 1 amide bonds. The van der Waals surface area contributed by atoms with Crippen LogP contribution in [0, 0.1) is 0 Å². The van der Waals surface area contributed by atoms with Gasteiger partial charge >= 0.3 is 0 Å². The van der Waals surface area contributed by atoms with Gasteiger partial charge in [-0.25, -0.2) is 9.97 Å². The average molecular weight is 470 g/mol. The zero-order valence-corrected chi connectivity index (χ0v) is 19.6. The van der Waals surface area contributed by atoms with Crippen molar-refractivity contribution >= 4 is 39.9 Å². The summed E-state index contributed by atoms with van der Waals surface area (Å²) >= 11 is 1.39. The summed E-state index contributed by atoms with van der Waals surface area (Å²) < 4.78 is 6.94. The Bertz CT molecular complexity index is 1450. The molecule has 0 fully saturated rings.